The Morgan fingerprint density at radius 1 is 1.38 bits per heavy atom. The van der Waals surface area contributed by atoms with Gasteiger partial charge in [-0.25, -0.2) is 4.79 Å². The highest BCUT2D eigenvalue weighted by Crippen LogP contribution is 2.24. The molecule has 1 saturated heterocycles. The molecule has 1 fully saturated rings. The molecule has 0 bridgehead atoms. The first kappa shape index (κ1) is 17.8. The van der Waals surface area contributed by atoms with Crippen molar-refractivity contribution in [1.29, 1.82) is 0 Å². The van der Waals surface area contributed by atoms with Crippen LogP contribution in [0.5, 0.6) is 0 Å². The quantitative estimate of drug-likeness (QED) is 0.748. The molecule has 1 heterocycles. The Kier molecular flexibility index (Phi) is 6.01. The summed E-state index contributed by atoms with van der Waals surface area (Å²) in [6, 6.07) is -0.192. The number of morpholine rings is 1. The van der Waals surface area contributed by atoms with Gasteiger partial charge in [0.15, 0.2) is 0 Å². The molecule has 0 spiro atoms. The summed E-state index contributed by atoms with van der Waals surface area (Å²) in [5.41, 5.74) is -0.545. The number of rotatable bonds is 3. The van der Waals surface area contributed by atoms with E-state index in [1.807, 2.05) is 27.7 Å². The maximum atomic E-state index is 12.3. The molecule has 0 saturated carbocycles. The number of esters is 1. The van der Waals surface area contributed by atoms with Gasteiger partial charge in [0.2, 0.25) is 0 Å². The molecule has 0 aromatic heterocycles. The fourth-order valence-corrected chi connectivity index (χ4v) is 2.39. The van der Waals surface area contributed by atoms with Crippen molar-refractivity contribution in [3.63, 3.8) is 0 Å². The van der Waals surface area contributed by atoms with Gasteiger partial charge in [0, 0.05) is 6.54 Å². The summed E-state index contributed by atoms with van der Waals surface area (Å²) < 4.78 is 15.8. The molecule has 122 valence electrons. The standard InChI is InChI=1S/C15H27NO5/c1-10(13(17)19-6)9-12-11(2)20-8-7-16(12)14(18)21-15(3,4)5/h10-12H,7-9H2,1-6H3. The summed E-state index contributed by atoms with van der Waals surface area (Å²) in [6.07, 6.45) is -0.00863. The molecule has 6 heteroatoms. The van der Waals surface area contributed by atoms with Gasteiger partial charge in [-0.1, -0.05) is 6.92 Å². The Morgan fingerprint density at radius 2 is 2.00 bits per heavy atom. The van der Waals surface area contributed by atoms with E-state index in [0.717, 1.165) is 0 Å². The Labute approximate surface area is 126 Å². The molecule has 0 aromatic carbocycles. The van der Waals surface area contributed by atoms with Crippen LogP contribution >= 0.6 is 0 Å². The molecule has 6 nitrogen and oxygen atoms in total. The first-order valence-corrected chi connectivity index (χ1v) is 7.34. The Balaban J connectivity index is 2.79. The van der Waals surface area contributed by atoms with Crippen molar-refractivity contribution in [3.05, 3.63) is 0 Å². The van der Waals surface area contributed by atoms with E-state index in [0.29, 0.717) is 19.6 Å². The first-order chi connectivity index (χ1) is 9.65. The second-order valence-corrected chi connectivity index (χ2v) is 6.48. The van der Waals surface area contributed by atoms with Crippen molar-refractivity contribution in [2.24, 2.45) is 5.92 Å². The van der Waals surface area contributed by atoms with Gasteiger partial charge in [0.05, 0.1) is 31.8 Å². The minimum absolute atomic E-state index is 0.140. The van der Waals surface area contributed by atoms with Crippen LogP contribution in [0.2, 0.25) is 0 Å². The number of amides is 1. The van der Waals surface area contributed by atoms with E-state index in [9.17, 15) is 9.59 Å². The number of hydrogen-bond donors (Lipinski definition) is 0. The normalized spacial score (nSPS) is 24.4. The number of carbonyl (C=O) groups excluding carboxylic acids is 2. The van der Waals surface area contributed by atoms with E-state index in [-0.39, 0.29) is 30.1 Å². The maximum Gasteiger partial charge on any atom is 0.410 e. The minimum atomic E-state index is -0.545. The molecule has 1 rings (SSSR count). The fraction of sp³-hybridized carbons (Fsp3) is 0.867. The first-order valence-electron chi connectivity index (χ1n) is 7.34. The third kappa shape index (κ3) is 5.19. The van der Waals surface area contributed by atoms with E-state index in [1.54, 1.807) is 11.8 Å². The molecule has 0 aromatic rings. The Hall–Kier alpha value is -1.30. The summed E-state index contributed by atoms with van der Waals surface area (Å²) in [7, 11) is 1.37. The lowest BCUT2D eigenvalue weighted by Crippen LogP contribution is -2.54. The van der Waals surface area contributed by atoms with Gasteiger partial charge in [0.1, 0.15) is 5.60 Å². The molecule has 1 amide bonds. The molecule has 0 aliphatic carbocycles. The lowest BCUT2D eigenvalue weighted by molar-refractivity contribution is -0.146. The Bertz CT molecular complexity index is 377. The highest BCUT2D eigenvalue weighted by atomic mass is 16.6. The highest BCUT2D eigenvalue weighted by molar-refractivity contribution is 5.72. The lowest BCUT2D eigenvalue weighted by atomic mass is 9.96. The van der Waals surface area contributed by atoms with Crippen molar-refractivity contribution in [2.45, 2.75) is 58.8 Å². The molecule has 21 heavy (non-hydrogen) atoms. The van der Waals surface area contributed by atoms with Crippen LogP contribution in [-0.4, -0.2) is 55.0 Å². The average molecular weight is 301 g/mol. The van der Waals surface area contributed by atoms with Gasteiger partial charge in [-0.2, -0.15) is 0 Å². The maximum absolute atomic E-state index is 12.3. The van der Waals surface area contributed by atoms with Crippen LogP contribution in [0.4, 0.5) is 4.79 Å². The van der Waals surface area contributed by atoms with Crippen molar-refractivity contribution in [3.8, 4) is 0 Å². The third-order valence-electron chi connectivity index (χ3n) is 3.48. The van der Waals surface area contributed by atoms with Gasteiger partial charge in [-0.3, -0.25) is 4.79 Å². The van der Waals surface area contributed by atoms with E-state index in [4.69, 9.17) is 14.2 Å². The van der Waals surface area contributed by atoms with Crippen LogP contribution in [0.15, 0.2) is 0 Å². The largest absolute Gasteiger partial charge is 0.469 e. The van der Waals surface area contributed by atoms with Crippen molar-refractivity contribution < 1.29 is 23.8 Å². The summed E-state index contributed by atoms with van der Waals surface area (Å²) in [6.45, 7) is 10.1. The van der Waals surface area contributed by atoms with E-state index in [2.05, 4.69) is 0 Å². The van der Waals surface area contributed by atoms with Crippen LogP contribution in [0.25, 0.3) is 0 Å². The predicted octanol–water partition coefficient (Wildman–Crippen LogP) is 2.21. The van der Waals surface area contributed by atoms with Crippen LogP contribution in [-0.2, 0) is 19.0 Å². The van der Waals surface area contributed by atoms with Crippen LogP contribution in [0.3, 0.4) is 0 Å². The second kappa shape index (κ2) is 7.11. The van der Waals surface area contributed by atoms with Crippen LogP contribution < -0.4 is 0 Å². The number of nitrogens with zero attached hydrogens (tertiary/aromatic N) is 1. The number of ether oxygens (including phenoxy) is 3. The van der Waals surface area contributed by atoms with E-state index < -0.39 is 5.60 Å². The predicted molar refractivity (Wildman–Crippen MR) is 77.9 cm³/mol. The lowest BCUT2D eigenvalue weighted by Gasteiger charge is -2.41. The number of carbonyl (C=O) groups is 2. The molecular formula is C15H27NO5. The zero-order valence-electron chi connectivity index (χ0n) is 13.8. The summed E-state index contributed by atoms with van der Waals surface area (Å²) in [4.78, 5) is 25.6. The zero-order valence-corrected chi connectivity index (χ0v) is 13.8. The molecule has 3 atom stereocenters. The van der Waals surface area contributed by atoms with Gasteiger partial charge in [-0.15, -0.1) is 0 Å². The summed E-state index contributed by atoms with van der Waals surface area (Å²) >= 11 is 0. The second-order valence-electron chi connectivity index (χ2n) is 6.48. The monoisotopic (exact) mass is 301 g/mol. The average Bonchev–Trinajstić information content (AvgIpc) is 2.37. The zero-order chi connectivity index (χ0) is 16.2. The van der Waals surface area contributed by atoms with Gasteiger partial charge < -0.3 is 19.1 Å². The third-order valence-corrected chi connectivity index (χ3v) is 3.48. The van der Waals surface area contributed by atoms with Gasteiger partial charge in [-0.05, 0) is 34.1 Å². The number of hydrogen-bond acceptors (Lipinski definition) is 5. The highest BCUT2D eigenvalue weighted by Gasteiger charge is 2.37. The summed E-state index contributed by atoms with van der Waals surface area (Å²) in [5, 5.41) is 0. The van der Waals surface area contributed by atoms with E-state index >= 15 is 0 Å². The molecule has 1 aliphatic heterocycles. The Morgan fingerprint density at radius 3 is 2.52 bits per heavy atom. The van der Waals surface area contributed by atoms with Crippen molar-refractivity contribution in [1.82, 2.24) is 4.90 Å². The molecule has 0 N–H and O–H groups in total. The van der Waals surface area contributed by atoms with Gasteiger partial charge >= 0.3 is 12.1 Å². The van der Waals surface area contributed by atoms with Crippen molar-refractivity contribution >= 4 is 12.1 Å². The molecule has 1 aliphatic rings. The molecule has 3 unspecified atom stereocenters. The minimum Gasteiger partial charge on any atom is -0.469 e. The van der Waals surface area contributed by atoms with Crippen molar-refractivity contribution in [2.75, 3.05) is 20.3 Å². The van der Waals surface area contributed by atoms with Crippen LogP contribution in [0.1, 0.15) is 41.0 Å². The molecular weight excluding hydrogens is 274 g/mol. The smallest absolute Gasteiger partial charge is 0.410 e. The fourth-order valence-electron chi connectivity index (χ4n) is 2.39. The van der Waals surface area contributed by atoms with Gasteiger partial charge in [0.25, 0.3) is 0 Å². The topological polar surface area (TPSA) is 65.1 Å². The molecule has 0 radical (unpaired) electrons. The summed E-state index contributed by atoms with van der Waals surface area (Å²) in [5.74, 6) is -0.578. The number of methoxy groups -OCH3 is 1. The van der Waals surface area contributed by atoms with E-state index in [1.165, 1.54) is 7.11 Å². The SMILES string of the molecule is COC(=O)C(C)CC1C(C)OCCN1C(=O)OC(C)(C)C. The van der Waals surface area contributed by atoms with Crippen LogP contribution in [0, 0.1) is 5.92 Å².